The molecule has 0 saturated heterocycles. The van der Waals surface area contributed by atoms with Gasteiger partial charge in [0.25, 0.3) is 5.91 Å². The van der Waals surface area contributed by atoms with E-state index in [-0.39, 0.29) is 18.4 Å². The standard InChI is InChI=1S/C17H20N2O4S/c1-19(10-12-6-7-24-11-12)16(20)9-18-17(21)13-4-5-14(22-2)15(8-13)23-3/h4-8,11H,9-10H2,1-3H3,(H,18,21). The second-order valence-corrected chi connectivity index (χ2v) is 5.91. The summed E-state index contributed by atoms with van der Waals surface area (Å²) < 4.78 is 10.3. The smallest absolute Gasteiger partial charge is 0.251 e. The second-order valence-electron chi connectivity index (χ2n) is 5.13. The number of thiophene rings is 1. The molecule has 24 heavy (non-hydrogen) atoms. The molecule has 128 valence electrons. The van der Waals surface area contributed by atoms with E-state index in [1.807, 2.05) is 16.8 Å². The molecule has 7 heteroatoms. The molecule has 2 aromatic rings. The third-order valence-electron chi connectivity index (χ3n) is 3.47. The SMILES string of the molecule is COc1ccc(C(=O)NCC(=O)N(C)Cc2ccsc2)cc1OC. The molecule has 1 aromatic carbocycles. The normalized spacial score (nSPS) is 10.1. The maximum atomic E-state index is 12.2. The van der Waals surface area contributed by atoms with Gasteiger partial charge in [0.15, 0.2) is 11.5 Å². The first-order valence-corrected chi connectivity index (χ1v) is 8.24. The Morgan fingerprint density at radius 3 is 2.54 bits per heavy atom. The van der Waals surface area contributed by atoms with Gasteiger partial charge in [-0.05, 0) is 40.6 Å². The summed E-state index contributed by atoms with van der Waals surface area (Å²) >= 11 is 1.59. The topological polar surface area (TPSA) is 67.9 Å². The Labute approximate surface area is 145 Å². The minimum absolute atomic E-state index is 0.0617. The van der Waals surface area contributed by atoms with Crippen molar-refractivity contribution in [3.63, 3.8) is 0 Å². The molecule has 0 aliphatic carbocycles. The number of carbonyl (C=O) groups excluding carboxylic acids is 2. The molecule has 2 rings (SSSR count). The third kappa shape index (κ3) is 4.48. The van der Waals surface area contributed by atoms with Gasteiger partial charge in [0.1, 0.15) is 0 Å². The summed E-state index contributed by atoms with van der Waals surface area (Å²) in [6, 6.07) is 6.82. The van der Waals surface area contributed by atoms with Gasteiger partial charge >= 0.3 is 0 Å². The van der Waals surface area contributed by atoms with Gasteiger partial charge < -0.3 is 19.7 Å². The van der Waals surface area contributed by atoms with E-state index in [1.54, 1.807) is 41.5 Å². The minimum atomic E-state index is -0.340. The van der Waals surface area contributed by atoms with Crippen LogP contribution in [-0.4, -0.2) is 44.5 Å². The summed E-state index contributed by atoms with van der Waals surface area (Å²) in [5, 5.41) is 6.58. The fourth-order valence-electron chi connectivity index (χ4n) is 2.12. The lowest BCUT2D eigenvalue weighted by Gasteiger charge is -2.17. The van der Waals surface area contributed by atoms with Gasteiger partial charge in [-0.2, -0.15) is 11.3 Å². The van der Waals surface area contributed by atoms with E-state index in [1.165, 1.54) is 14.2 Å². The molecule has 0 aliphatic rings. The van der Waals surface area contributed by atoms with Crippen molar-refractivity contribution in [2.75, 3.05) is 27.8 Å². The molecule has 6 nitrogen and oxygen atoms in total. The molecule has 1 heterocycles. The lowest BCUT2D eigenvalue weighted by Crippen LogP contribution is -2.37. The van der Waals surface area contributed by atoms with Gasteiger partial charge in [-0.15, -0.1) is 0 Å². The van der Waals surface area contributed by atoms with Crippen molar-refractivity contribution in [1.82, 2.24) is 10.2 Å². The van der Waals surface area contributed by atoms with Gasteiger partial charge in [-0.25, -0.2) is 0 Å². The third-order valence-corrected chi connectivity index (χ3v) is 4.20. The van der Waals surface area contributed by atoms with Crippen LogP contribution in [0.15, 0.2) is 35.0 Å². The van der Waals surface area contributed by atoms with Gasteiger partial charge in [0.05, 0.1) is 20.8 Å². The number of likely N-dealkylation sites (N-methyl/N-ethyl adjacent to an activating group) is 1. The first-order valence-electron chi connectivity index (χ1n) is 7.30. The number of benzene rings is 1. The fourth-order valence-corrected chi connectivity index (χ4v) is 2.77. The highest BCUT2D eigenvalue weighted by Crippen LogP contribution is 2.27. The van der Waals surface area contributed by atoms with Crippen molar-refractivity contribution in [2.24, 2.45) is 0 Å². The van der Waals surface area contributed by atoms with E-state index in [2.05, 4.69) is 5.32 Å². The molecule has 0 atom stereocenters. The van der Waals surface area contributed by atoms with Crippen LogP contribution in [0.2, 0.25) is 0 Å². The first-order chi connectivity index (χ1) is 11.5. The van der Waals surface area contributed by atoms with Crippen molar-refractivity contribution in [3.8, 4) is 11.5 Å². The highest BCUT2D eigenvalue weighted by Gasteiger charge is 2.14. The zero-order chi connectivity index (χ0) is 17.5. The zero-order valence-corrected chi connectivity index (χ0v) is 14.7. The van der Waals surface area contributed by atoms with E-state index in [9.17, 15) is 9.59 Å². The van der Waals surface area contributed by atoms with Crippen molar-refractivity contribution in [1.29, 1.82) is 0 Å². The summed E-state index contributed by atoms with van der Waals surface area (Å²) in [5.41, 5.74) is 1.48. The number of nitrogens with one attached hydrogen (secondary N) is 1. The van der Waals surface area contributed by atoms with E-state index < -0.39 is 0 Å². The van der Waals surface area contributed by atoms with Crippen LogP contribution >= 0.6 is 11.3 Å². The Morgan fingerprint density at radius 2 is 1.92 bits per heavy atom. The molecule has 0 unspecified atom stereocenters. The zero-order valence-electron chi connectivity index (χ0n) is 13.9. The molecule has 0 radical (unpaired) electrons. The van der Waals surface area contributed by atoms with Crippen LogP contribution in [0.4, 0.5) is 0 Å². The molecule has 0 aliphatic heterocycles. The quantitative estimate of drug-likeness (QED) is 0.832. The Kier molecular flexibility index (Phi) is 6.20. The fraction of sp³-hybridized carbons (Fsp3) is 0.294. The monoisotopic (exact) mass is 348 g/mol. The first kappa shape index (κ1) is 17.8. The number of nitrogens with zero attached hydrogens (tertiary/aromatic N) is 1. The van der Waals surface area contributed by atoms with E-state index in [4.69, 9.17) is 9.47 Å². The summed E-state index contributed by atoms with van der Waals surface area (Å²) in [6.07, 6.45) is 0. The highest BCUT2D eigenvalue weighted by molar-refractivity contribution is 7.07. The maximum Gasteiger partial charge on any atom is 0.251 e. The molecular weight excluding hydrogens is 328 g/mol. The van der Waals surface area contributed by atoms with Gasteiger partial charge in [0, 0.05) is 19.2 Å². The number of rotatable bonds is 7. The molecule has 0 fully saturated rings. The van der Waals surface area contributed by atoms with E-state index in [0.29, 0.717) is 23.6 Å². The molecule has 2 amide bonds. The highest BCUT2D eigenvalue weighted by atomic mass is 32.1. The van der Waals surface area contributed by atoms with Crippen LogP contribution in [0.5, 0.6) is 11.5 Å². The van der Waals surface area contributed by atoms with Crippen LogP contribution in [-0.2, 0) is 11.3 Å². The van der Waals surface area contributed by atoms with Crippen LogP contribution in [0.25, 0.3) is 0 Å². The van der Waals surface area contributed by atoms with Crippen LogP contribution in [0.3, 0.4) is 0 Å². The van der Waals surface area contributed by atoms with Crippen molar-refractivity contribution >= 4 is 23.2 Å². The summed E-state index contributed by atoms with van der Waals surface area (Å²) in [5.74, 6) is 0.509. The molecule has 1 N–H and O–H groups in total. The Balaban J connectivity index is 1.91. The predicted octanol–water partition coefficient (Wildman–Crippen LogP) is 2.15. The molecule has 0 saturated carbocycles. The molecule has 1 aromatic heterocycles. The maximum absolute atomic E-state index is 12.2. The summed E-state index contributed by atoms with van der Waals surface area (Å²) in [4.78, 5) is 25.9. The lowest BCUT2D eigenvalue weighted by molar-refractivity contribution is -0.129. The summed E-state index contributed by atoms with van der Waals surface area (Å²) in [6.45, 7) is 0.461. The summed E-state index contributed by atoms with van der Waals surface area (Å²) in [7, 11) is 4.74. The van der Waals surface area contributed by atoms with Crippen LogP contribution < -0.4 is 14.8 Å². The lowest BCUT2D eigenvalue weighted by atomic mass is 10.2. The Morgan fingerprint density at radius 1 is 1.17 bits per heavy atom. The number of carbonyl (C=O) groups is 2. The van der Waals surface area contributed by atoms with Crippen molar-refractivity contribution < 1.29 is 19.1 Å². The molecule has 0 bridgehead atoms. The number of ether oxygens (including phenoxy) is 2. The van der Waals surface area contributed by atoms with Gasteiger partial charge in [0.2, 0.25) is 5.91 Å². The van der Waals surface area contributed by atoms with E-state index in [0.717, 1.165) is 5.56 Å². The van der Waals surface area contributed by atoms with Crippen LogP contribution in [0, 0.1) is 0 Å². The van der Waals surface area contributed by atoms with E-state index >= 15 is 0 Å². The number of methoxy groups -OCH3 is 2. The average Bonchev–Trinajstić information content (AvgIpc) is 3.11. The number of hydrogen-bond donors (Lipinski definition) is 1. The Bertz CT molecular complexity index is 701. The number of hydrogen-bond acceptors (Lipinski definition) is 5. The largest absolute Gasteiger partial charge is 0.493 e. The Hall–Kier alpha value is -2.54. The number of amides is 2. The molecular formula is C17H20N2O4S. The van der Waals surface area contributed by atoms with Crippen molar-refractivity contribution in [2.45, 2.75) is 6.54 Å². The average molecular weight is 348 g/mol. The van der Waals surface area contributed by atoms with Gasteiger partial charge in [-0.1, -0.05) is 0 Å². The minimum Gasteiger partial charge on any atom is -0.493 e. The van der Waals surface area contributed by atoms with Gasteiger partial charge in [-0.3, -0.25) is 9.59 Å². The van der Waals surface area contributed by atoms with Crippen LogP contribution in [0.1, 0.15) is 15.9 Å². The molecule has 0 spiro atoms. The second kappa shape index (κ2) is 8.35. The van der Waals surface area contributed by atoms with Crippen molar-refractivity contribution in [3.05, 3.63) is 46.2 Å². The predicted molar refractivity (Wildman–Crippen MR) is 92.7 cm³/mol.